The molecule has 0 aromatic heterocycles. The third kappa shape index (κ3) is 4.72. The van der Waals surface area contributed by atoms with Gasteiger partial charge in [0.2, 0.25) is 5.91 Å². The molecule has 0 saturated carbocycles. The van der Waals surface area contributed by atoms with Crippen LogP contribution in [-0.2, 0) is 4.79 Å². The highest BCUT2D eigenvalue weighted by Gasteiger charge is 2.15. The summed E-state index contributed by atoms with van der Waals surface area (Å²) in [5.41, 5.74) is 1.85. The Morgan fingerprint density at radius 2 is 2.00 bits per heavy atom. The Morgan fingerprint density at radius 1 is 1.29 bits per heavy atom. The second kappa shape index (κ2) is 7.43. The number of ether oxygens (including phenoxy) is 1. The number of rotatable bonds is 5. The molecule has 1 aromatic carbocycles. The molecule has 2 rings (SSSR count). The van der Waals surface area contributed by atoms with Gasteiger partial charge in [-0.05, 0) is 31.7 Å². The number of piperazine rings is 1. The average molecular weight is 291 g/mol. The van der Waals surface area contributed by atoms with Crippen molar-refractivity contribution in [1.29, 1.82) is 0 Å². The summed E-state index contributed by atoms with van der Waals surface area (Å²) in [6.07, 6.45) is 0.515. The van der Waals surface area contributed by atoms with E-state index in [0.717, 1.165) is 44.0 Å². The second-order valence-electron chi connectivity index (χ2n) is 5.65. The Labute approximate surface area is 126 Å². The van der Waals surface area contributed by atoms with E-state index in [-0.39, 0.29) is 5.91 Å². The number of benzene rings is 1. The van der Waals surface area contributed by atoms with Crippen molar-refractivity contribution in [2.24, 2.45) is 0 Å². The van der Waals surface area contributed by atoms with Gasteiger partial charge in [0, 0.05) is 39.1 Å². The quantitative estimate of drug-likeness (QED) is 0.894. The van der Waals surface area contributed by atoms with Gasteiger partial charge in [0.1, 0.15) is 5.75 Å². The molecule has 1 amide bonds. The molecule has 1 aromatic rings. The van der Waals surface area contributed by atoms with Crippen molar-refractivity contribution < 1.29 is 9.53 Å². The summed E-state index contributed by atoms with van der Waals surface area (Å²) in [5, 5.41) is 2.95. The number of carbonyl (C=O) groups excluding carboxylic acids is 1. The normalized spacial score (nSPS) is 16.7. The molecule has 1 heterocycles. The first-order chi connectivity index (χ1) is 10.1. The highest BCUT2D eigenvalue weighted by Crippen LogP contribution is 2.25. The van der Waals surface area contributed by atoms with Crippen LogP contribution in [0.25, 0.3) is 0 Å². The Bertz CT molecular complexity index is 482. The van der Waals surface area contributed by atoms with Gasteiger partial charge in [-0.1, -0.05) is 6.07 Å². The summed E-state index contributed by atoms with van der Waals surface area (Å²) in [5.74, 6) is 0.742. The average Bonchev–Trinajstić information content (AvgIpc) is 2.47. The number of methoxy groups -OCH3 is 1. The Kier molecular flexibility index (Phi) is 5.59. The third-order valence-corrected chi connectivity index (χ3v) is 3.88. The maximum Gasteiger partial charge on any atom is 0.225 e. The van der Waals surface area contributed by atoms with Crippen molar-refractivity contribution in [3.63, 3.8) is 0 Å². The predicted octanol–water partition coefficient (Wildman–Crippen LogP) is 1.58. The standard InChI is InChI=1S/C16H25N3O2/c1-13-4-5-15(21-3)14(12-13)17-16(20)6-7-19-10-8-18(2)9-11-19/h4-5,12H,6-11H2,1-3H3,(H,17,20). The summed E-state index contributed by atoms with van der Waals surface area (Å²) < 4.78 is 5.28. The molecule has 1 fully saturated rings. The first-order valence-corrected chi connectivity index (χ1v) is 7.44. The van der Waals surface area contributed by atoms with Gasteiger partial charge < -0.3 is 19.9 Å². The number of anilines is 1. The van der Waals surface area contributed by atoms with E-state index in [1.807, 2.05) is 25.1 Å². The lowest BCUT2D eigenvalue weighted by molar-refractivity contribution is -0.116. The Morgan fingerprint density at radius 3 is 2.67 bits per heavy atom. The summed E-state index contributed by atoms with van der Waals surface area (Å²) in [6, 6.07) is 5.79. The maximum atomic E-state index is 12.1. The first kappa shape index (κ1) is 15.8. The molecule has 116 valence electrons. The smallest absolute Gasteiger partial charge is 0.225 e. The molecule has 0 radical (unpaired) electrons. The van der Waals surface area contributed by atoms with Crippen LogP contribution in [0.3, 0.4) is 0 Å². The van der Waals surface area contributed by atoms with E-state index in [1.54, 1.807) is 7.11 Å². The summed E-state index contributed by atoms with van der Waals surface area (Å²) in [6.45, 7) is 7.04. The number of carbonyl (C=O) groups is 1. The van der Waals surface area contributed by atoms with Crippen LogP contribution in [0.5, 0.6) is 5.75 Å². The maximum absolute atomic E-state index is 12.1. The number of likely N-dealkylation sites (N-methyl/N-ethyl adjacent to an activating group) is 1. The van der Waals surface area contributed by atoms with E-state index in [1.165, 1.54) is 0 Å². The van der Waals surface area contributed by atoms with E-state index >= 15 is 0 Å². The van der Waals surface area contributed by atoms with Gasteiger partial charge in [-0.25, -0.2) is 0 Å². The summed E-state index contributed by atoms with van der Waals surface area (Å²) in [4.78, 5) is 16.7. The lowest BCUT2D eigenvalue weighted by Gasteiger charge is -2.32. The minimum absolute atomic E-state index is 0.0397. The zero-order chi connectivity index (χ0) is 15.2. The highest BCUT2D eigenvalue weighted by molar-refractivity contribution is 5.92. The lowest BCUT2D eigenvalue weighted by atomic mass is 10.2. The minimum Gasteiger partial charge on any atom is -0.495 e. The number of hydrogen-bond acceptors (Lipinski definition) is 4. The second-order valence-corrected chi connectivity index (χ2v) is 5.65. The minimum atomic E-state index is 0.0397. The molecule has 5 heteroatoms. The van der Waals surface area contributed by atoms with Gasteiger partial charge >= 0.3 is 0 Å². The van der Waals surface area contributed by atoms with Gasteiger partial charge in [0.15, 0.2) is 0 Å². The van der Waals surface area contributed by atoms with Crippen LogP contribution < -0.4 is 10.1 Å². The number of nitrogens with one attached hydrogen (secondary N) is 1. The van der Waals surface area contributed by atoms with E-state index in [2.05, 4.69) is 22.2 Å². The number of nitrogens with zero attached hydrogens (tertiary/aromatic N) is 2. The van der Waals surface area contributed by atoms with E-state index < -0.39 is 0 Å². The first-order valence-electron chi connectivity index (χ1n) is 7.44. The molecule has 0 atom stereocenters. The Hall–Kier alpha value is -1.59. The lowest BCUT2D eigenvalue weighted by Crippen LogP contribution is -2.45. The molecule has 1 aliphatic rings. The van der Waals surface area contributed by atoms with Crippen molar-refractivity contribution in [2.75, 3.05) is 52.2 Å². The Balaban J connectivity index is 1.83. The van der Waals surface area contributed by atoms with Crippen molar-refractivity contribution in [2.45, 2.75) is 13.3 Å². The van der Waals surface area contributed by atoms with Crippen molar-refractivity contribution >= 4 is 11.6 Å². The summed E-state index contributed by atoms with van der Waals surface area (Å²) >= 11 is 0. The highest BCUT2D eigenvalue weighted by atomic mass is 16.5. The summed E-state index contributed by atoms with van der Waals surface area (Å²) in [7, 11) is 3.75. The zero-order valence-corrected chi connectivity index (χ0v) is 13.2. The van der Waals surface area contributed by atoms with Crippen molar-refractivity contribution in [1.82, 2.24) is 9.80 Å². The monoisotopic (exact) mass is 291 g/mol. The SMILES string of the molecule is COc1ccc(C)cc1NC(=O)CCN1CCN(C)CC1. The van der Waals surface area contributed by atoms with Crippen LogP contribution in [0.1, 0.15) is 12.0 Å². The molecule has 0 unspecified atom stereocenters. The number of amides is 1. The van der Waals surface area contributed by atoms with Gasteiger partial charge in [-0.3, -0.25) is 4.79 Å². The van der Waals surface area contributed by atoms with Crippen LogP contribution in [0.2, 0.25) is 0 Å². The van der Waals surface area contributed by atoms with Crippen molar-refractivity contribution in [3.8, 4) is 5.75 Å². The largest absolute Gasteiger partial charge is 0.495 e. The molecule has 5 nitrogen and oxygen atoms in total. The van der Waals surface area contributed by atoms with Crippen LogP contribution in [0.4, 0.5) is 5.69 Å². The molecule has 21 heavy (non-hydrogen) atoms. The van der Waals surface area contributed by atoms with E-state index in [0.29, 0.717) is 12.2 Å². The third-order valence-electron chi connectivity index (χ3n) is 3.88. The van der Waals surface area contributed by atoms with E-state index in [9.17, 15) is 4.79 Å². The fraction of sp³-hybridized carbons (Fsp3) is 0.562. The number of hydrogen-bond donors (Lipinski definition) is 1. The zero-order valence-electron chi connectivity index (χ0n) is 13.2. The molecule has 1 N–H and O–H groups in total. The fourth-order valence-corrected chi connectivity index (χ4v) is 2.46. The van der Waals surface area contributed by atoms with Crippen LogP contribution in [-0.4, -0.2) is 62.6 Å². The fourth-order valence-electron chi connectivity index (χ4n) is 2.46. The van der Waals surface area contributed by atoms with E-state index in [4.69, 9.17) is 4.74 Å². The molecule has 0 bridgehead atoms. The molecule has 1 aliphatic heterocycles. The number of aryl methyl sites for hydroxylation is 1. The molecule has 0 aliphatic carbocycles. The molecule has 0 spiro atoms. The van der Waals surface area contributed by atoms with Crippen molar-refractivity contribution in [3.05, 3.63) is 23.8 Å². The van der Waals surface area contributed by atoms with Crippen LogP contribution in [0.15, 0.2) is 18.2 Å². The van der Waals surface area contributed by atoms with Crippen LogP contribution in [0, 0.1) is 6.92 Å². The van der Waals surface area contributed by atoms with Crippen LogP contribution >= 0.6 is 0 Å². The van der Waals surface area contributed by atoms with Gasteiger partial charge in [0.25, 0.3) is 0 Å². The van der Waals surface area contributed by atoms with Gasteiger partial charge in [0.05, 0.1) is 12.8 Å². The molecular formula is C16H25N3O2. The molecule has 1 saturated heterocycles. The molecular weight excluding hydrogens is 266 g/mol. The van der Waals surface area contributed by atoms with Gasteiger partial charge in [-0.15, -0.1) is 0 Å². The van der Waals surface area contributed by atoms with Gasteiger partial charge in [-0.2, -0.15) is 0 Å². The predicted molar refractivity (Wildman–Crippen MR) is 84.9 cm³/mol. The topological polar surface area (TPSA) is 44.8 Å².